The molecule has 0 spiro atoms. The van der Waals surface area contributed by atoms with Crippen molar-refractivity contribution < 1.29 is 14.6 Å². The second-order valence-corrected chi connectivity index (χ2v) is 4.63. The van der Waals surface area contributed by atoms with E-state index in [1.807, 2.05) is 24.3 Å². The molecule has 1 aromatic carbocycles. The van der Waals surface area contributed by atoms with E-state index in [1.54, 1.807) is 18.9 Å². The van der Waals surface area contributed by atoms with Crippen LogP contribution in [0, 0.1) is 0 Å². The average Bonchev–Trinajstić information content (AvgIpc) is 2.30. The standard InChI is InChI=1S/C12H16BrNO3/c1-9(12(15)16)14(2)7-8-17-11-6-4-3-5-10(11)13/h3-6,9H,7-8H2,1-2H3,(H,15,16). The lowest BCUT2D eigenvalue weighted by molar-refractivity contribution is -0.142. The first-order chi connectivity index (χ1) is 8.02. The topological polar surface area (TPSA) is 49.8 Å². The Balaban J connectivity index is 2.38. The maximum Gasteiger partial charge on any atom is 0.320 e. The molecule has 5 heteroatoms. The Hall–Kier alpha value is -1.07. The van der Waals surface area contributed by atoms with E-state index in [1.165, 1.54) is 0 Å². The van der Waals surface area contributed by atoms with Crippen LogP contribution in [0.1, 0.15) is 6.92 Å². The van der Waals surface area contributed by atoms with Crippen LogP contribution in [0.5, 0.6) is 5.75 Å². The number of likely N-dealkylation sites (N-methyl/N-ethyl adjacent to an activating group) is 1. The van der Waals surface area contributed by atoms with Crippen LogP contribution in [0.25, 0.3) is 0 Å². The maximum atomic E-state index is 10.7. The smallest absolute Gasteiger partial charge is 0.320 e. The van der Waals surface area contributed by atoms with E-state index in [9.17, 15) is 4.79 Å². The largest absolute Gasteiger partial charge is 0.491 e. The molecule has 0 aliphatic heterocycles. The first-order valence-electron chi connectivity index (χ1n) is 5.32. The van der Waals surface area contributed by atoms with Gasteiger partial charge in [-0.2, -0.15) is 0 Å². The van der Waals surface area contributed by atoms with E-state index in [2.05, 4.69) is 15.9 Å². The van der Waals surface area contributed by atoms with E-state index < -0.39 is 12.0 Å². The zero-order chi connectivity index (χ0) is 12.8. The Kier molecular flexibility index (Phi) is 5.44. The molecule has 0 aromatic heterocycles. The van der Waals surface area contributed by atoms with Gasteiger partial charge in [0.15, 0.2) is 0 Å². The summed E-state index contributed by atoms with van der Waals surface area (Å²) in [6, 6.07) is 7.07. The summed E-state index contributed by atoms with van der Waals surface area (Å²) >= 11 is 3.38. The molecule has 94 valence electrons. The number of benzene rings is 1. The van der Waals surface area contributed by atoms with E-state index in [-0.39, 0.29) is 0 Å². The van der Waals surface area contributed by atoms with Crippen LogP contribution < -0.4 is 4.74 Å². The number of hydrogen-bond acceptors (Lipinski definition) is 3. The van der Waals surface area contributed by atoms with Gasteiger partial charge in [-0.1, -0.05) is 12.1 Å². The summed E-state index contributed by atoms with van der Waals surface area (Å²) in [7, 11) is 1.77. The molecule has 17 heavy (non-hydrogen) atoms. The van der Waals surface area contributed by atoms with Gasteiger partial charge in [0.25, 0.3) is 0 Å². The van der Waals surface area contributed by atoms with Gasteiger partial charge in [0.2, 0.25) is 0 Å². The van der Waals surface area contributed by atoms with Crippen molar-refractivity contribution in [2.45, 2.75) is 13.0 Å². The second-order valence-electron chi connectivity index (χ2n) is 3.77. The van der Waals surface area contributed by atoms with Crippen LogP contribution in [0.15, 0.2) is 28.7 Å². The molecule has 1 N–H and O–H groups in total. The number of aliphatic carboxylic acids is 1. The van der Waals surface area contributed by atoms with Crippen LogP contribution in [0.3, 0.4) is 0 Å². The molecule has 0 fully saturated rings. The van der Waals surface area contributed by atoms with Gasteiger partial charge in [-0.15, -0.1) is 0 Å². The first kappa shape index (κ1) is 14.0. The first-order valence-corrected chi connectivity index (χ1v) is 6.12. The Labute approximate surface area is 109 Å². The summed E-state index contributed by atoms with van der Waals surface area (Å²) in [6.07, 6.45) is 0. The molecule has 0 bridgehead atoms. The van der Waals surface area contributed by atoms with Crippen molar-refractivity contribution in [3.63, 3.8) is 0 Å². The van der Waals surface area contributed by atoms with Crippen LogP contribution in [0.4, 0.5) is 0 Å². The maximum absolute atomic E-state index is 10.7. The van der Waals surface area contributed by atoms with E-state index in [0.717, 1.165) is 10.2 Å². The summed E-state index contributed by atoms with van der Waals surface area (Å²) in [4.78, 5) is 12.5. The summed E-state index contributed by atoms with van der Waals surface area (Å²) in [5.41, 5.74) is 0. The Morgan fingerprint density at radius 3 is 2.76 bits per heavy atom. The number of ether oxygens (including phenoxy) is 1. The van der Waals surface area contributed by atoms with Crippen molar-refractivity contribution >= 4 is 21.9 Å². The van der Waals surface area contributed by atoms with Crippen molar-refractivity contribution in [1.82, 2.24) is 4.90 Å². The number of hydrogen-bond donors (Lipinski definition) is 1. The number of rotatable bonds is 6. The number of carboxylic acids is 1. The predicted octanol–water partition coefficient (Wildman–Crippen LogP) is 2.23. The Morgan fingerprint density at radius 1 is 1.53 bits per heavy atom. The third kappa shape index (κ3) is 4.36. The molecule has 0 aliphatic rings. The molecule has 1 unspecified atom stereocenters. The third-order valence-electron chi connectivity index (χ3n) is 2.56. The Morgan fingerprint density at radius 2 is 2.18 bits per heavy atom. The summed E-state index contributed by atoms with van der Waals surface area (Å²) in [6.45, 7) is 2.67. The summed E-state index contributed by atoms with van der Waals surface area (Å²) in [5, 5.41) is 8.82. The normalized spacial score (nSPS) is 12.5. The predicted molar refractivity (Wildman–Crippen MR) is 69.4 cm³/mol. The summed E-state index contributed by atoms with van der Waals surface area (Å²) < 4.78 is 6.45. The van der Waals surface area contributed by atoms with Gasteiger partial charge in [0, 0.05) is 6.54 Å². The van der Waals surface area contributed by atoms with Crippen LogP contribution in [-0.4, -0.2) is 42.2 Å². The van der Waals surface area contributed by atoms with E-state index in [4.69, 9.17) is 9.84 Å². The van der Waals surface area contributed by atoms with Gasteiger partial charge in [-0.25, -0.2) is 0 Å². The fraction of sp³-hybridized carbons (Fsp3) is 0.417. The van der Waals surface area contributed by atoms with Crippen molar-refractivity contribution in [3.05, 3.63) is 28.7 Å². The Bertz CT molecular complexity index is 384. The molecule has 1 atom stereocenters. The van der Waals surface area contributed by atoms with E-state index >= 15 is 0 Å². The minimum atomic E-state index is -0.826. The van der Waals surface area contributed by atoms with Crippen molar-refractivity contribution in [2.75, 3.05) is 20.2 Å². The minimum absolute atomic E-state index is 0.455. The van der Waals surface area contributed by atoms with Crippen molar-refractivity contribution in [1.29, 1.82) is 0 Å². The van der Waals surface area contributed by atoms with Crippen LogP contribution in [0.2, 0.25) is 0 Å². The van der Waals surface area contributed by atoms with Gasteiger partial charge in [-0.3, -0.25) is 9.69 Å². The highest BCUT2D eigenvalue weighted by atomic mass is 79.9. The number of carbonyl (C=O) groups is 1. The molecular weight excluding hydrogens is 286 g/mol. The zero-order valence-corrected chi connectivity index (χ0v) is 11.5. The number of carboxylic acid groups (broad SMARTS) is 1. The highest BCUT2D eigenvalue weighted by molar-refractivity contribution is 9.10. The molecular formula is C12H16BrNO3. The van der Waals surface area contributed by atoms with Gasteiger partial charge in [-0.05, 0) is 42.0 Å². The quantitative estimate of drug-likeness (QED) is 0.875. The molecule has 1 rings (SSSR count). The molecule has 0 saturated heterocycles. The minimum Gasteiger partial charge on any atom is -0.491 e. The number of nitrogens with zero attached hydrogens (tertiary/aromatic N) is 1. The zero-order valence-electron chi connectivity index (χ0n) is 9.89. The van der Waals surface area contributed by atoms with Crippen molar-refractivity contribution in [3.8, 4) is 5.75 Å². The van der Waals surface area contributed by atoms with Crippen molar-refractivity contribution in [2.24, 2.45) is 0 Å². The molecule has 0 saturated carbocycles. The average molecular weight is 302 g/mol. The van der Waals surface area contributed by atoms with Gasteiger partial charge < -0.3 is 9.84 Å². The lowest BCUT2D eigenvalue weighted by atomic mass is 10.3. The number of para-hydroxylation sites is 1. The summed E-state index contributed by atoms with van der Waals surface area (Å²) in [5.74, 6) is -0.0581. The van der Waals surface area contributed by atoms with Gasteiger partial charge in [0.05, 0.1) is 4.47 Å². The van der Waals surface area contributed by atoms with Crippen LogP contribution in [-0.2, 0) is 4.79 Å². The lowest BCUT2D eigenvalue weighted by Crippen LogP contribution is -2.38. The highest BCUT2D eigenvalue weighted by Gasteiger charge is 2.16. The van der Waals surface area contributed by atoms with E-state index in [0.29, 0.717) is 13.2 Å². The number of halogens is 1. The monoisotopic (exact) mass is 301 g/mol. The van der Waals surface area contributed by atoms with Gasteiger partial charge >= 0.3 is 5.97 Å². The second kappa shape index (κ2) is 6.61. The molecule has 0 aliphatic carbocycles. The SMILES string of the molecule is CC(C(=O)O)N(C)CCOc1ccccc1Br. The molecule has 0 radical (unpaired) electrons. The lowest BCUT2D eigenvalue weighted by Gasteiger charge is -2.21. The van der Waals surface area contributed by atoms with Crippen LogP contribution >= 0.6 is 15.9 Å². The third-order valence-corrected chi connectivity index (χ3v) is 3.21. The molecule has 1 aromatic rings. The molecule has 4 nitrogen and oxygen atoms in total. The highest BCUT2D eigenvalue weighted by Crippen LogP contribution is 2.23. The fourth-order valence-corrected chi connectivity index (χ4v) is 1.64. The fourth-order valence-electron chi connectivity index (χ4n) is 1.24. The van der Waals surface area contributed by atoms with Gasteiger partial charge in [0.1, 0.15) is 18.4 Å². The molecule has 0 amide bonds. The molecule has 0 heterocycles.